The predicted molar refractivity (Wildman–Crippen MR) is 536 cm³/mol. The first kappa shape index (κ1) is 111. The van der Waals surface area contributed by atoms with Crippen molar-refractivity contribution >= 4 is 96.9 Å². The Kier molecular flexibility index (Phi) is 55.3. The van der Waals surface area contributed by atoms with Crippen molar-refractivity contribution < 1.29 is 27.3 Å². The summed E-state index contributed by atoms with van der Waals surface area (Å²) in [4.78, 5) is 26.1. The van der Waals surface area contributed by atoms with Crippen molar-refractivity contribution in [1.29, 1.82) is 0 Å². The fourth-order valence-corrected chi connectivity index (χ4v) is 14.3. The molecular formula is C108H155N12OS+5. The summed E-state index contributed by atoms with van der Waals surface area (Å²) in [5.74, 6) is 3.82. The Balaban J connectivity index is 0.00000141. The monoisotopic (exact) mass is 1670 g/mol. The summed E-state index contributed by atoms with van der Waals surface area (Å²) in [6, 6.07) is 57.3. The van der Waals surface area contributed by atoms with Gasteiger partial charge in [-0.1, -0.05) is 253 Å². The molecule has 0 atom stereocenters. The summed E-state index contributed by atoms with van der Waals surface area (Å²) in [5.41, 5.74) is 19.0. The van der Waals surface area contributed by atoms with E-state index in [4.69, 9.17) is 4.42 Å². The molecule has 122 heavy (non-hydrogen) atoms. The molecule has 654 valence electrons. The van der Waals surface area contributed by atoms with Gasteiger partial charge in [-0.05, 0) is 168 Å². The van der Waals surface area contributed by atoms with E-state index < -0.39 is 0 Å². The smallest absolute Gasteiger partial charge is 0.348 e. The molecule has 0 saturated heterocycles. The number of furan rings is 1. The molecule has 0 aliphatic heterocycles. The van der Waals surface area contributed by atoms with Crippen molar-refractivity contribution in [1.82, 2.24) is 34.5 Å². The SMILES string of the molecule is CC.CC.CC.CC.CC.CC.CC.CC.CC.CC.CC.CC.CC.Cc1c(C)c2ccc[n+](C)c2c2c(C)cccc12.Cc1cc2c(cc1-c1nccc[n+]1C)c1ccccc1n2C.Cc1cc2oc3ccccc3c2cc1-c1nccc[n+]1C.Cc1cc2sc3ccccc3c2cc1-c1nccc[n+]1C.Cc1cncnc1-c1nccc[n+]1C. The summed E-state index contributed by atoms with van der Waals surface area (Å²) < 4.78 is 21.2. The van der Waals surface area contributed by atoms with Crippen LogP contribution < -0.4 is 22.8 Å². The minimum atomic E-state index is 0.854. The van der Waals surface area contributed by atoms with Crippen LogP contribution in [0.5, 0.6) is 0 Å². The van der Waals surface area contributed by atoms with E-state index in [1.165, 1.54) is 109 Å². The Bertz CT molecular complexity index is 5540. The lowest BCUT2D eigenvalue weighted by Gasteiger charge is -2.11. The molecule has 0 spiro atoms. The van der Waals surface area contributed by atoms with Crippen LogP contribution in [0.3, 0.4) is 0 Å². The number of benzene rings is 8. The number of aryl methyl sites for hydroxylation is 13. The minimum Gasteiger partial charge on any atom is -0.456 e. The number of thiophene rings is 1. The normalized spacial score (nSPS) is 9.43. The van der Waals surface area contributed by atoms with Crippen molar-refractivity contribution in [3.8, 4) is 45.7 Å². The van der Waals surface area contributed by atoms with Crippen LogP contribution in [0.2, 0.25) is 0 Å². The Hall–Kier alpha value is -11.4. The zero-order valence-electron chi connectivity index (χ0n) is 82.6. The first-order chi connectivity index (χ1) is 59.5. The molecule has 8 aromatic carbocycles. The van der Waals surface area contributed by atoms with E-state index in [0.29, 0.717) is 0 Å². The van der Waals surface area contributed by atoms with Crippen molar-refractivity contribution in [2.75, 3.05) is 0 Å². The lowest BCUT2D eigenvalue weighted by Crippen LogP contribution is -2.31. The number of pyridine rings is 1. The number of rotatable bonds is 4. The third kappa shape index (κ3) is 27.8. The van der Waals surface area contributed by atoms with Crippen molar-refractivity contribution in [2.45, 2.75) is 228 Å². The summed E-state index contributed by atoms with van der Waals surface area (Å²) >= 11 is 1.86. The highest BCUT2D eigenvalue weighted by atomic mass is 32.1. The molecular weight excluding hydrogens is 1510 g/mol. The highest BCUT2D eigenvalue weighted by Gasteiger charge is 2.23. The van der Waals surface area contributed by atoms with Gasteiger partial charge in [0.15, 0.2) is 11.9 Å². The van der Waals surface area contributed by atoms with Crippen LogP contribution in [-0.2, 0) is 42.3 Å². The highest BCUT2D eigenvalue weighted by molar-refractivity contribution is 7.25. The largest absolute Gasteiger partial charge is 0.456 e. The van der Waals surface area contributed by atoms with Gasteiger partial charge in [0.05, 0.1) is 80.4 Å². The number of fused-ring (bicyclic) bond motifs is 12. The average molecular weight is 1670 g/mol. The molecule has 9 heterocycles. The lowest BCUT2D eigenvalue weighted by molar-refractivity contribution is -0.663. The Labute approximate surface area is 741 Å². The van der Waals surface area contributed by atoms with Gasteiger partial charge in [-0.3, -0.25) is 0 Å². The van der Waals surface area contributed by atoms with E-state index in [2.05, 4.69) is 231 Å². The highest BCUT2D eigenvalue weighted by Crippen LogP contribution is 2.39. The molecule has 0 radical (unpaired) electrons. The Morgan fingerprint density at radius 2 is 0.697 bits per heavy atom. The molecule has 17 rings (SSSR count). The molecule has 9 aromatic heterocycles. The quantitative estimate of drug-likeness (QED) is 0.127. The number of para-hydroxylation sites is 2. The van der Waals surface area contributed by atoms with Gasteiger partial charge in [-0.2, -0.15) is 0 Å². The van der Waals surface area contributed by atoms with Gasteiger partial charge in [-0.15, -0.1) is 11.3 Å². The van der Waals surface area contributed by atoms with Crippen LogP contribution in [0.4, 0.5) is 0 Å². The topological polar surface area (TPSA) is 115 Å². The average Bonchev–Trinajstić information content (AvgIpc) is 1.20. The predicted octanol–water partition coefficient (Wildman–Crippen LogP) is 29.3. The molecule has 17 aromatic rings. The molecule has 0 N–H and O–H groups in total. The molecule has 0 fully saturated rings. The number of aromatic nitrogens is 12. The van der Waals surface area contributed by atoms with Gasteiger partial charge in [0.25, 0.3) is 0 Å². The maximum Gasteiger partial charge on any atom is 0.348 e. The Morgan fingerprint density at radius 1 is 0.295 bits per heavy atom. The summed E-state index contributed by atoms with van der Waals surface area (Å²) in [6.07, 6.45) is 20.8. The number of nitrogens with zero attached hydrogens (tertiary/aromatic N) is 12. The van der Waals surface area contributed by atoms with E-state index in [1.54, 1.807) is 12.4 Å². The van der Waals surface area contributed by atoms with E-state index >= 15 is 0 Å². The lowest BCUT2D eigenvalue weighted by atomic mass is 9.93. The molecule has 13 nitrogen and oxygen atoms in total. The van der Waals surface area contributed by atoms with Gasteiger partial charge in [0.2, 0.25) is 5.52 Å². The van der Waals surface area contributed by atoms with E-state index in [9.17, 15) is 0 Å². The van der Waals surface area contributed by atoms with Crippen molar-refractivity contribution in [2.24, 2.45) is 42.3 Å². The standard InChI is InChI=1S/C19H18N3.C18H15N2O.C18H15N2S.C17H18N.C10H11N4.13C2H6/c1-13-11-18-16(14-7-4-5-8-17(14)22(18)3)12-15(13)19-20-9-6-10-21(19)2;2*1-12-10-17-15(13-6-3-4-7-16(13)21-17)11-14(12)18-19-8-5-9-20(18)2;1-11-7-5-8-14-12(2)13(3)15-9-6-10-18(4)17(15)16(11)14;1-8-6-11-7-13-9(8)10-12-4-3-5-14(10)2;13*1-2/h4-12H,1-3H3;2*3-11H,1-2H3;5-10H,1-4H3;3-7H,1-2H3;13*1-2H3/q5*+1;;;;;;;;;;;;;. The second kappa shape index (κ2) is 61.0. The molecule has 0 unspecified atom stereocenters. The summed E-state index contributed by atoms with van der Waals surface area (Å²) in [6.45, 7) is 67.0. The fourth-order valence-electron chi connectivity index (χ4n) is 13.1. The third-order valence-electron chi connectivity index (χ3n) is 18.3. The number of hydrogen-bond donors (Lipinski definition) is 0. The van der Waals surface area contributed by atoms with Crippen LogP contribution in [0.25, 0.3) is 131 Å². The molecule has 0 aliphatic carbocycles. The molecule has 0 bridgehead atoms. The zero-order chi connectivity index (χ0) is 92.9. The van der Waals surface area contributed by atoms with E-state index in [-0.39, 0.29) is 0 Å². The summed E-state index contributed by atoms with van der Waals surface area (Å²) in [7, 11) is 12.3. The van der Waals surface area contributed by atoms with Crippen LogP contribution in [0, 0.1) is 48.5 Å². The van der Waals surface area contributed by atoms with Gasteiger partial charge >= 0.3 is 23.3 Å². The maximum atomic E-state index is 5.93. The third-order valence-corrected chi connectivity index (χ3v) is 19.4. The number of hydrogen-bond acceptors (Lipinski definition) is 8. The minimum absolute atomic E-state index is 0.854. The van der Waals surface area contributed by atoms with Gasteiger partial charge in [-0.25, -0.2) is 32.8 Å². The first-order valence-electron chi connectivity index (χ1n) is 45.1. The van der Waals surface area contributed by atoms with Crippen molar-refractivity contribution in [3.05, 3.63) is 271 Å². The maximum absolute atomic E-state index is 5.93. The molecule has 0 saturated carbocycles. The van der Waals surface area contributed by atoms with Crippen LogP contribution in [0.15, 0.2) is 237 Å². The van der Waals surface area contributed by atoms with Crippen molar-refractivity contribution in [3.63, 3.8) is 0 Å². The van der Waals surface area contributed by atoms with Gasteiger partial charge in [0, 0.05) is 102 Å². The Morgan fingerprint density at radius 3 is 1.20 bits per heavy atom. The van der Waals surface area contributed by atoms with E-state index in [1.807, 2.05) is 321 Å². The van der Waals surface area contributed by atoms with Crippen LogP contribution >= 0.6 is 11.3 Å². The second-order valence-electron chi connectivity index (χ2n) is 24.7. The molecule has 0 aliphatic rings. The van der Waals surface area contributed by atoms with Gasteiger partial charge in [0.1, 0.15) is 49.3 Å². The fraction of sp³-hybridized carbons (Fsp3) is 0.361. The van der Waals surface area contributed by atoms with Crippen LogP contribution in [-0.4, -0.2) is 34.5 Å². The second-order valence-corrected chi connectivity index (χ2v) is 25.8. The zero-order valence-corrected chi connectivity index (χ0v) is 83.4. The summed E-state index contributed by atoms with van der Waals surface area (Å²) in [5, 5.41) is 11.6. The molecule has 14 heteroatoms. The first-order valence-corrected chi connectivity index (χ1v) is 45.9. The van der Waals surface area contributed by atoms with Gasteiger partial charge < -0.3 is 8.98 Å². The van der Waals surface area contributed by atoms with Crippen LogP contribution in [0.1, 0.15) is 219 Å². The van der Waals surface area contributed by atoms with E-state index in [0.717, 1.165) is 67.6 Å². The molecule has 0 amide bonds.